The van der Waals surface area contributed by atoms with Crippen LogP contribution in [-0.2, 0) is 42.3 Å². The first-order valence-electron chi connectivity index (χ1n) is 11.0. The molecule has 0 N–H and O–H groups in total. The number of carbonyl (C=O) groups excluding carboxylic acids is 2. The van der Waals surface area contributed by atoms with Crippen LogP contribution in [0.2, 0.25) is 0 Å². The molecule has 1 amide bonds. The summed E-state index contributed by atoms with van der Waals surface area (Å²) in [5.74, 6) is 1.08. The van der Waals surface area contributed by atoms with E-state index in [1.54, 1.807) is 0 Å². The fourth-order valence-electron chi connectivity index (χ4n) is 3.98. The minimum Gasteiger partial charge on any atom is -0.342 e. The Morgan fingerprint density at radius 1 is 0.964 bits per heavy atom. The third kappa shape index (κ3) is 9.32. The van der Waals surface area contributed by atoms with Crippen molar-refractivity contribution in [2.45, 2.75) is 66.7 Å². The molecule has 2 aliphatic rings. The summed E-state index contributed by atoms with van der Waals surface area (Å²) in [6.45, 7) is 17.4. The molecule has 0 spiro atoms. The van der Waals surface area contributed by atoms with Crippen LogP contribution >= 0.6 is 0 Å². The summed E-state index contributed by atoms with van der Waals surface area (Å²) in [4.78, 5) is 31.5. The van der Waals surface area contributed by atoms with Gasteiger partial charge >= 0.3 is 0 Å². The molecule has 2 fully saturated rings. The van der Waals surface area contributed by atoms with Gasteiger partial charge in [-0.1, -0.05) is 34.6 Å². The van der Waals surface area contributed by atoms with Gasteiger partial charge in [0, 0.05) is 84.8 Å². The minimum atomic E-state index is -0.556. The van der Waals surface area contributed by atoms with Gasteiger partial charge in [-0.15, -0.1) is 0 Å². The van der Waals surface area contributed by atoms with Crippen LogP contribution in [0.25, 0.3) is 0 Å². The SMILES string of the molecule is CC.CCC(=O)CC(C)(C)C(=O)N1CCC(CCN2CCN(C)CC2)CC1.[Y]. The largest absolute Gasteiger partial charge is 0.342 e. The van der Waals surface area contributed by atoms with Crippen molar-refractivity contribution in [1.82, 2.24) is 14.7 Å². The Morgan fingerprint density at radius 3 is 2.00 bits per heavy atom. The summed E-state index contributed by atoms with van der Waals surface area (Å²) in [6, 6.07) is 0. The van der Waals surface area contributed by atoms with E-state index < -0.39 is 5.41 Å². The molecule has 0 aromatic heterocycles. The Hall–Kier alpha value is 0.164. The van der Waals surface area contributed by atoms with E-state index in [1.165, 1.54) is 39.1 Å². The molecule has 5 nitrogen and oxygen atoms in total. The maximum Gasteiger partial charge on any atom is 0.228 e. The maximum absolute atomic E-state index is 12.8. The van der Waals surface area contributed by atoms with Crippen LogP contribution < -0.4 is 0 Å². The number of nitrogens with zero attached hydrogens (tertiary/aromatic N) is 3. The number of amides is 1. The van der Waals surface area contributed by atoms with E-state index in [2.05, 4.69) is 16.8 Å². The van der Waals surface area contributed by atoms with Crippen molar-refractivity contribution in [2.24, 2.45) is 11.3 Å². The van der Waals surface area contributed by atoms with Crippen LogP contribution in [0, 0.1) is 11.3 Å². The molecule has 0 aromatic carbocycles. The summed E-state index contributed by atoms with van der Waals surface area (Å²) in [7, 11) is 2.19. The number of rotatable bonds is 7. The smallest absolute Gasteiger partial charge is 0.228 e. The van der Waals surface area contributed by atoms with Gasteiger partial charge in [-0.3, -0.25) is 9.59 Å². The van der Waals surface area contributed by atoms with Crippen LogP contribution in [0.1, 0.15) is 66.7 Å². The van der Waals surface area contributed by atoms with Crippen LogP contribution in [0.15, 0.2) is 0 Å². The molecule has 2 heterocycles. The molecule has 1 radical (unpaired) electrons. The molecule has 28 heavy (non-hydrogen) atoms. The molecule has 0 atom stereocenters. The third-order valence-corrected chi connectivity index (χ3v) is 5.96. The van der Waals surface area contributed by atoms with E-state index in [0.717, 1.165) is 31.8 Å². The third-order valence-electron chi connectivity index (χ3n) is 5.96. The monoisotopic (exact) mass is 470 g/mol. The molecule has 2 rings (SSSR count). The van der Waals surface area contributed by atoms with Gasteiger partial charge in [0.15, 0.2) is 0 Å². The standard InChI is InChI=1S/C20H37N3O2.C2H6.Y/c1-5-18(24)16-20(2,3)19(25)23-10-7-17(8-11-23)6-9-22-14-12-21(4)13-15-22;1-2;/h17H,5-16H2,1-4H3;1-2H3;. The first-order chi connectivity index (χ1) is 12.8. The van der Waals surface area contributed by atoms with E-state index in [0.29, 0.717) is 12.8 Å². The molecule has 161 valence electrons. The first kappa shape index (κ1) is 28.2. The summed E-state index contributed by atoms with van der Waals surface area (Å²) in [5.41, 5.74) is -0.556. The molecular formula is C22H43N3O2Y. The second kappa shape index (κ2) is 14.2. The van der Waals surface area contributed by atoms with E-state index in [4.69, 9.17) is 0 Å². The van der Waals surface area contributed by atoms with Crippen molar-refractivity contribution in [1.29, 1.82) is 0 Å². The summed E-state index contributed by atoms with van der Waals surface area (Å²) < 4.78 is 0. The van der Waals surface area contributed by atoms with Gasteiger partial charge in [0.2, 0.25) is 5.91 Å². The molecular weight excluding hydrogens is 427 g/mol. The van der Waals surface area contributed by atoms with Crippen LogP contribution in [0.3, 0.4) is 0 Å². The van der Waals surface area contributed by atoms with Gasteiger partial charge in [-0.05, 0) is 38.8 Å². The van der Waals surface area contributed by atoms with Gasteiger partial charge in [0.25, 0.3) is 0 Å². The van der Waals surface area contributed by atoms with E-state index in [-0.39, 0.29) is 44.4 Å². The van der Waals surface area contributed by atoms with Crippen molar-refractivity contribution in [3.8, 4) is 0 Å². The van der Waals surface area contributed by atoms with Gasteiger partial charge < -0.3 is 14.7 Å². The molecule has 0 aromatic rings. The van der Waals surface area contributed by atoms with Crippen LogP contribution in [0.4, 0.5) is 0 Å². The average Bonchev–Trinajstić information content (AvgIpc) is 2.68. The molecule has 0 unspecified atom stereocenters. The number of hydrogen-bond donors (Lipinski definition) is 0. The average molecular weight is 471 g/mol. The zero-order chi connectivity index (χ0) is 20.4. The topological polar surface area (TPSA) is 43.9 Å². The summed E-state index contributed by atoms with van der Waals surface area (Å²) in [5, 5.41) is 0. The molecule has 6 heteroatoms. The van der Waals surface area contributed by atoms with Crippen molar-refractivity contribution in [3.05, 3.63) is 0 Å². The van der Waals surface area contributed by atoms with Gasteiger partial charge in [-0.2, -0.15) is 0 Å². The number of ketones is 1. The molecule has 0 aliphatic carbocycles. The van der Waals surface area contributed by atoms with Gasteiger partial charge in [0.05, 0.1) is 5.41 Å². The molecule has 2 saturated heterocycles. The number of carbonyl (C=O) groups is 2. The van der Waals surface area contributed by atoms with Crippen molar-refractivity contribution >= 4 is 11.7 Å². The zero-order valence-electron chi connectivity index (χ0n) is 19.3. The summed E-state index contributed by atoms with van der Waals surface area (Å²) in [6.07, 6.45) is 4.36. The molecule has 2 aliphatic heterocycles. The van der Waals surface area contributed by atoms with E-state index in [1.807, 2.05) is 39.5 Å². The van der Waals surface area contributed by atoms with Gasteiger partial charge in [-0.25, -0.2) is 0 Å². The fraction of sp³-hybridized carbons (Fsp3) is 0.909. The second-order valence-electron chi connectivity index (χ2n) is 8.62. The van der Waals surface area contributed by atoms with E-state index in [9.17, 15) is 9.59 Å². The number of likely N-dealkylation sites (tertiary alicyclic amines) is 1. The van der Waals surface area contributed by atoms with Crippen LogP contribution in [-0.4, -0.2) is 79.3 Å². The molecule has 0 saturated carbocycles. The Balaban J connectivity index is 0.00000235. The predicted octanol–water partition coefficient (Wildman–Crippen LogP) is 3.28. The Morgan fingerprint density at radius 2 is 1.50 bits per heavy atom. The second-order valence-corrected chi connectivity index (χ2v) is 8.62. The zero-order valence-corrected chi connectivity index (χ0v) is 22.1. The maximum atomic E-state index is 12.8. The number of Topliss-reactive ketones (excluding diaryl/α,β-unsaturated/α-hetero) is 1. The summed E-state index contributed by atoms with van der Waals surface area (Å²) >= 11 is 0. The van der Waals surface area contributed by atoms with Crippen LogP contribution in [0.5, 0.6) is 0 Å². The van der Waals surface area contributed by atoms with E-state index >= 15 is 0 Å². The van der Waals surface area contributed by atoms with Crippen molar-refractivity contribution < 1.29 is 42.3 Å². The number of piperazine rings is 1. The van der Waals surface area contributed by atoms with Crippen molar-refractivity contribution in [2.75, 3.05) is 52.9 Å². The number of likely N-dealkylation sites (N-methyl/N-ethyl adjacent to an activating group) is 1. The Labute approximate surface area is 198 Å². The predicted molar refractivity (Wildman–Crippen MR) is 113 cm³/mol. The molecule has 0 bridgehead atoms. The Kier molecular flexibility index (Phi) is 14.3. The van der Waals surface area contributed by atoms with Crippen molar-refractivity contribution in [3.63, 3.8) is 0 Å². The quantitative estimate of drug-likeness (QED) is 0.573. The normalized spacial score (nSPS) is 19.4. The van der Waals surface area contributed by atoms with Gasteiger partial charge in [0.1, 0.15) is 5.78 Å². The fourth-order valence-corrected chi connectivity index (χ4v) is 3.98. The first-order valence-corrected chi connectivity index (χ1v) is 11.0. The number of piperidine rings is 1. The minimum absolute atomic E-state index is 0. The number of hydrogen-bond acceptors (Lipinski definition) is 4. The Bertz CT molecular complexity index is 455.